The summed E-state index contributed by atoms with van der Waals surface area (Å²) < 4.78 is 13.1. The summed E-state index contributed by atoms with van der Waals surface area (Å²) in [6.45, 7) is 1.93. The van der Waals surface area contributed by atoms with E-state index in [9.17, 15) is 14.0 Å². The van der Waals surface area contributed by atoms with Crippen molar-refractivity contribution in [2.75, 3.05) is 19.6 Å². The largest absolute Gasteiger partial charge is 0.337 e. The quantitative estimate of drug-likeness (QED) is 0.838. The lowest BCUT2D eigenvalue weighted by Crippen LogP contribution is -2.48. The zero-order chi connectivity index (χ0) is 18.8. The summed E-state index contributed by atoms with van der Waals surface area (Å²) in [6.07, 6.45) is 5.46. The molecule has 3 saturated heterocycles. The minimum absolute atomic E-state index is 0.00198. The molecule has 0 saturated carbocycles. The standard InChI is InChI=1S/C21H22FN3O2/c22-18-4-1-15(2-5-18)11-20(26)25-13-16-3-6-19(25)14-24(12-16)21(27)17-7-9-23-10-8-17/h1-2,4-5,7-10,16,19H,3,6,11-14H2/t16-,19+/m1/s1. The molecule has 1 aromatic heterocycles. The van der Waals surface area contributed by atoms with Crippen molar-refractivity contribution in [3.63, 3.8) is 0 Å². The maximum absolute atomic E-state index is 13.1. The molecule has 27 heavy (non-hydrogen) atoms. The summed E-state index contributed by atoms with van der Waals surface area (Å²) in [5.74, 6) is 0.0497. The summed E-state index contributed by atoms with van der Waals surface area (Å²) in [7, 11) is 0. The molecule has 0 N–H and O–H groups in total. The molecule has 5 nitrogen and oxygen atoms in total. The highest BCUT2D eigenvalue weighted by Crippen LogP contribution is 2.29. The Balaban J connectivity index is 1.47. The third-order valence-electron chi connectivity index (χ3n) is 5.52. The summed E-state index contributed by atoms with van der Waals surface area (Å²) in [6, 6.07) is 9.57. The fourth-order valence-electron chi connectivity index (χ4n) is 4.11. The Hall–Kier alpha value is -2.76. The van der Waals surface area contributed by atoms with Gasteiger partial charge in [-0.15, -0.1) is 0 Å². The third-order valence-corrected chi connectivity index (χ3v) is 5.52. The van der Waals surface area contributed by atoms with Crippen LogP contribution in [0.3, 0.4) is 0 Å². The molecule has 2 atom stereocenters. The van der Waals surface area contributed by atoms with Gasteiger partial charge in [-0.05, 0) is 48.6 Å². The van der Waals surface area contributed by atoms with Gasteiger partial charge in [0.15, 0.2) is 0 Å². The van der Waals surface area contributed by atoms with Crippen LogP contribution in [0, 0.1) is 11.7 Å². The van der Waals surface area contributed by atoms with E-state index < -0.39 is 0 Å². The second-order valence-electron chi connectivity index (χ2n) is 7.39. The van der Waals surface area contributed by atoms with Crippen molar-refractivity contribution < 1.29 is 14.0 Å². The van der Waals surface area contributed by atoms with Crippen molar-refractivity contribution in [3.05, 3.63) is 65.7 Å². The van der Waals surface area contributed by atoms with Gasteiger partial charge in [-0.3, -0.25) is 14.6 Å². The fourth-order valence-corrected chi connectivity index (χ4v) is 4.11. The molecule has 3 aliphatic rings. The highest BCUT2D eigenvalue weighted by Gasteiger charge is 2.38. The summed E-state index contributed by atoms with van der Waals surface area (Å²) in [4.78, 5) is 33.5. The fraction of sp³-hybridized carbons (Fsp3) is 0.381. The monoisotopic (exact) mass is 367 g/mol. The average Bonchev–Trinajstić information content (AvgIpc) is 3.02. The number of amides is 2. The minimum atomic E-state index is -0.301. The number of hydrogen-bond donors (Lipinski definition) is 0. The molecular weight excluding hydrogens is 345 g/mol. The highest BCUT2D eigenvalue weighted by atomic mass is 19.1. The Morgan fingerprint density at radius 3 is 2.48 bits per heavy atom. The number of carbonyl (C=O) groups is 2. The summed E-state index contributed by atoms with van der Waals surface area (Å²) in [5.41, 5.74) is 1.45. The smallest absolute Gasteiger partial charge is 0.254 e. The molecular formula is C21H22FN3O2. The van der Waals surface area contributed by atoms with E-state index in [1.54, 1.807) is 36.7 Å². The van der Waals surface area contributed by atoms with E-state index in [1.807, 2.05) is 9.80 Å². The first kappa shape index (κ1) is 17.6. The van der Waals surface area contributed by atoms with Crippen LogP contribution in [-0.4, -0.2) is 52.3 Å². The van der Waals surface area contributed by atoms with Gasteiger partial charge in [0, 0.05) is 43.6 Å². The van der Waals surface area contributed by atoms with E-state index in [2.05, 4.69) is 4.98 Å². The number of fused-ring (bicyclic) bond motifs is 4. The lowest BCUT2D eigenvalue weighted by Gasteiger charge is -2.36. The Kier molecular flexibility index (Phi) is 4.88. The number of benzene rings is 1. The van der Waals surface area contributed by atoms with Gasteiger partial charge >= 0.3 is 0 Å². The number of rotatable bonds is 3. The van der Waals surface area contributed by atoms with Gasteiger partial charge in [0.1, 0.15) is 5.82 Å². The normalized spacial score (nSPS) is 21.8. The molecule has 1 aromatic carbocycles. The maximum atomic E-state index is 13.1. The molecule has 4 heterocycles. The topological polar surface area (TPSA) is 53.5 Å². The Morgan fingerprint density at radius 1 is 1.00 bits per heavy atom. The van der Waals surface area contributed by atoms with Gasteiger partial charge < -0.3 is 9.80 Å². The molecule has 2 amide bonds. The predicted octanol–water partition coefficient (Wildman–Crippen LogP) is 2.53. The first-order chi connectivity index (χ1) is 13.1. The summed E-state index contributed by atoms with van der Waals surface area (Å²) >= 11 is 0. The molecule has 0 aliphatic carbocycles. The van der Waals surface area contributed by atoms with E-state index >= 15 is 0 Å². The van der Waals surface area contributed by atoms with Crippen LogP contribution in [0.15, 0.2) is 48.8 Å². The van der Waals surface area contributed by atoms with Gasteiger partial charge in [-0.25, -0.2) is 4.39 Å². The minimum Gasteiger partial charge on any atom is -0.337 e. The second kappa shape index (κ2) is 7.47. The van der Waals surface area contributed by atoms with E-state index in [-0.39, 0.29) is 30.1 Å². The second-order valence-corrected chi connectivity index (χ2v) is 7.39. The van der Waals surface area contributed by atoms with Crippen LogP contribution < -0.4 is 0 Å². The van der Waals surface area contributed by atoms with Crippen molar-refractivity contribution in [3.8, 4) is 0 Å². The van der Waals surface area contributed by atoms with Gasteiger partial charge in [-0.2, -0.15) is 0 Å². The van der Waals surface area contributed by atoms with Crippen molar-refractivity contribution >= 4 is 11.8 Å². The highest BCUT2D eigenvalue weighted by molar-refractivity contribution is 5.94. The van der Waals surface area contributed by atoms with Gasteiger partial charge in [0.05, 0.1) is 6.42 Å². The predicted molar refractivity (Wildman–Crippen MR) is 98.5 cm³/mol. The molecule has 3 aliphatic heterocycles. The van der Waals surface area contributed by atoms with Crippen LogP contribution in [0.5, 0.6) is 0 Å². The zero-order valence-corrected chi connectivity index (χ0v) is 15.1. The van der Waals surface area contributed by atoms with Gasteiger partial charge in [0.25, 0.3) is 5.91 Å². The summed E-state index contributed by atoms with van der Waals surface area (Å²) in [5, 5.41) is 0. The van der Waals surface area contributed by atoms with Crippen molar-refractivity contribution in [1.29, 1.82) is 0 Å². The number of aromatic nitrogens is 1. The molecule has 3 fully saturated rings. The SMILES string of the molecule is O=C(c1ccncc1)N1C[C@H]2CC[C@@H](C1)N(C(=O)Cc1ccc(F)cc1)C2. The van der Waals surface area contributed by atoms with E-state index in [4.69, 9.17) is 0 Å². The van der Waals surface area contributed by atoms with Crippen LogP contribution in [0.1, 0.15) is 28.8 Å². The molecule has 2 bridgehead atoms. The van der Waals surface area contributed by atoms with Crippen LogP contribution >= 0.6 is 0 Å². The maximum Gasteiger partial charge on any atom is 0.254 e. The van der Waals surface area contributed by atoms with Crippen LogP contribution in [0.4, 0.5) is 4.39 Å². The number of carbonyl (C=O) groups excluding carboxylic acids is 2. The first-order valence-electron chi connectivity index (χ1n) is 9.33. The molecule has 5 rings (SSSR count). The molecule has 0 spiro atoms. The number of hydrogen-bond acceptors (Lipinski definition) is 3. The van der Waals surface area contributed by atoms with E-state index in [0.717, 1.165) is 18.4 Å². The number of pyridine rings is 1. The first-order valence-corrected chi connectivity index (χ1v) is 9.33. The third kappa shape index (κ3) is 3.84. The number of piperidine rings is 1. The average molecular weight is 367 g/mol. The molecule has 0 radical (unpaired) electrons. The van der Waals surface area contributed by atoms with Crippen LogP contribution in [0.2, 0.25) is 0 Å². The Morgan fingerprint density at radius 2 is 1.74 bits per heavy atom. The lowest BCUT2D eigenvalue weighted by molar-refractivity contribution is -0.134. The molecule has 140 valence electrons. The molecule has 6 heteroatoms. The van der Waals surface area contributed by atoms with E-state index in [1.165, 1.54) is 12.1 Å². The van der Waals surface area contributed by atoms with Crippen molar-refractivity contribution in [1.82, 2.24) is 14.8 Å². The van der Waals surface area contributed by atoms with Crippen LogP contribution in [0.25, 0.3) is 0 Å². The van der Waals surface area contributed by atoms with Gasteiger partial charge in [0.2, 0.25) is 5.91 Å². The molecule has 2 aromatic rings. The number of halogens is 1. The van der Waals surface area contributed by atoms with Gasteiger partial charge in [-0.1, -0.05) is 12.1 Å². The Labute approximate surface area is 157 Å². The zero-order valence-electron chi connectivity index (χ0n) is 15.1. The van der Waals surface area contributed by atoms with E-state index in [0.29, 0.717) is 31.1 Å². The number of nitrogens with zero attached hydrogens (tertiary/aromatic N) is 3. The lowest BCUT2D eigenvalue weighted by atomic mass is 9.94. The van der Waals surface area contributed by atoms with Crippen molar-refractivity contribution in [2.24, 2.45) is 5.92 Å². The van der Waals surface area contributed by atoms with Crippen LogP contribution in [-0.2, 0) is 11.2 Å². The molecule has 0 unspecified atom stereocenters. The van der Waals surface area contributed by atoms with Crippen molar-refractivity contribution in [2.45, 2.75) is 25.3 Å². The Bertz CT molecular complexity index is 825.